The lowest BCUT2D eigenvalue weighted by atomic mass is 10.2. The smallest absolute Gasteiger partial charge is 0.272 e. The molecule has 2 aliphatic heterocycles. The molecule has 13 heavy (non-hydrogen) atoms. The predicted octanol–water partition coefficient (Wildman–Crippen LogP) is -0.961. The number of nitrogens with zero attached hydrogens (tertiary/aromatic N) is 2. The van der Waals surface area contributed by atoms with Crippen LogP contribution in [0.25, 0.3) is 0 Å². The Kier molecular flexibility index (Phi) is 1.79. The number of rotatable bonds is 1. The highest BCUT2D eigenvalue weighted by Gasteiger charge is 2.40. The zero-order valence-electron chi connectivity index (χ0n) is 7.02. The molecule has 69 valence electrons. The van der Waals surface area contributed by atoms with E-state index in [2.05, 4.69) is 5.32 Å². The average Bonchev–Trinajstić information content (AvgIpc) is 2.58. The highest BCUT2D eigenvalue weighted by atomic mass is 16.2. The first kappa shape index (κ1) is 8.22. The van der Waals surface area contributed by atoms with Gasteiger partial charge in [-0.3, -0.25) is 14.4 Å². The van der Waals surface area contributed by atoms with Gasteiger partial charge in [-0.25, -0.2) is 0 Å². The number of hydrogen-bond donors (Lipinski definition) is 0. The monoisotopic (exact) mass is 181 g/mol. The number of likely N-dealkylation sites (tertiary alicyclic amines) is 1. The summed E-state index contributed by atoms with van der Waals surface area (Å²) < 4.78 is 0. The number of carbonyl (C=O) groups excluding carboxylic acids is 3. The average molecular weight is 181 g/mol. The van der Waals surface area contributed by atoms with Gasteiger partial charge in [0, 0.05) is 13.0 Å². The van der Waals surface area contributed by atoms with Crippen LogP contribution in [0.5, 0.6) is 0 Å². The summed E-state index contributed by atoms with van der Waals surface area (Å²) in [5.74, 6) is -0.904. The van der Waals surface area contributed by atoms with Crippen LogP contribution in [-0.4, -0.2) is 35.2 Å². The molecule has 5 heteroatoms. The molecule has 0 aromatic heterocycles. The van der Waals surface area contributed by atoms with E-state index in [1.54, 1.807) is 0 Å². The SMILES string of the molecule is O=C1CC(N2CCCC2=O)C(=O)[N]1. The highest BCUT2D eigenvalue weighted by Crippen LogP contribution is 2.19. The summed E-state index contributed by atoms with van der Waals surface area (Å²) in [4.78, 5) is 34.6. The molecule has 5 nitrogen and oxygen atoms in total. The Balaban J connectivity index is 2.12. The third-order valence-electron chi connectivity index (χ3n) is 2.37. The lowest BCUT2D eigenvalue weighted by Gasteiger charge is -2.19. The van der Waals surface area contributed by atoms with Gasteiger partial charge in [0.1, 0.15) is 6.04 Å². The van der Waals surface area contributed by atoms with Gasteiger partial charge in [-0.05, 0) is 6.42 Å². The van der Waals surface area contributed by atoms with E-state index in [1.807, 2.05) is 0 Å². The van der Waals surface area contributed by atoms with Gasteiger partial charge in [0.25, 0.3) is 11.8 Å². The fraction of sp³-hybridized carbons (Fsp3) is 0.625. The largest absolute Gasteiger partial charge is 0.330 e. The van der Waals surface area contributed by atoms with Gasteiger partial charge in [0.05, 0.1) is 6.42 Å². The second-order valence-electron chi connectivity index (χ2n) is 3.25. The molecule has 0 bridgehead atoms. The van der Waals surface area contributed by atoms with Crippen LogP contribution in [0.15, 0.2) is 0 Å². The summed E-state index contributed by atoms with van der Waals surface area (Å²) in [6.45, 7) is 0.581. The van der Waals surface area contributed by atoms with Gasteiger partial charge >= 0.3 is 0 Å². The first-order chi connectivity index (χ1) is 6.18. The zero-order chi connectivity index (χ0) is 9.42. The summed E-state index contributed by atoms with van der Waals surface area (Å²) in [5, 5.41) is 3.28. The predicted molar refractivity (Wildman–Crippen MR) is 41.5 cm³/mol. The Labute approximate surface area is 75.1 Å². The van der Waals surface area contributed by atoms with Gasteiger partial charge in [0.15, 0.2) is 0 Å². The van der Waals surface area contributed by atoms with Crippen molar-refractivity contribution in [2.24, 2.45) is 0 Å². The number of amides is 3. The Hall–Kier alpha value is -1.39. The van der Waals surface area contributed by atoms with Crippen molar-refractivity contribution in [3.63, 3.8) is 0 Å². The van der Waals surface area contributed by atoms with E-state index in [0.29, 0.717) is 13.0 Å². The molecule has 0 spiro atoms. The van der Waals surface area contributed by atoms with Crippen molar-refractivity contribution >= 4 is 17.7 Å². The molecule has 0 N–H and O–H groups in total. The Morgan fingerprint density at radius 2 is 2.08 bits per heavy atom. The van der Waals surface area contributed by atoms with Crippen molar-refractivity contribution in [2.75, 3.05) is 6.54 Å². The molecule has 1 radical (unpaired) electrons. The minimum atomic E-state index is -0.595. The Morgan fingerprint density at radius 3 is 2.54 bits per heavy atom. The van der Waals surface area contributed by atoms with E-state index >= 15 is 0 Å². The molecule has 0 aromatic carbocycles. The van der Waals surface area contributed by atoms with Gasteiger partial charge in [-0.1, -0.05) is 0 Å². The van der Waals surface area contributed by atoms with Crippen LogP contribution >= 0.6 is 0 Å². The van der Waals surface area contributed by atoms with Crippen LogP contribution < -0.4 is 5.32 Å². The van der Waals surface area contributed by atoms with Gasteiger partial charge < -0.3 is 4.90 Å². The minimum Gasteiger partial charge on any atom is -0.330 e. The van der Waals surface area contributed by atoms with Crippen LogP contribution in [0.4, 0.5) is 0 Å². The summed E-state index contributed by atoms with van der Waals surface area (Å²) >= 11 is 0. The van der Waals surface area contributed by atoms with Gasteiger partial charge in [0.2, 0.25) is 5.91 Å². The molecule has 1 unspecified atom stereocenters. The third-order valence-corrected chi connectivity index (χ3v) is 2.37. The summed E-state index contributed by atoms with van der Waals surface area (Å²) in [7, 11) is 0. The van der Waals surface area contributed by atoms with Crippen LogP contribution in [0, 0.1) is 0 Å². The molecule has 1 atom stereocenters. The summed E-state index contributed by atoms with van der Waals surface area (Å²) in [5.41, 5.74) is 0. The standard InChI is InChI=1S/C8H9N2O3/c11-6-4-5(8(13)9-6)10-3-1-2-7(10)12/h5H,1-4H2. The normalized spacial score (nSPS) is 28.5. The van der Waals surface area contributed by atoms with Crippen molar-refractivity contribution in [3.8, 4) is 0 Å². The molecular formula is C8H9N2O3. The van der Waals surface area contributed by atoms with Crippen molar-refractivity contribution < 1.29 is 14.4 Å². The van der Waals surface area contributed by atoms with Crippen molar-refractivity contribution in [3.05, 3.63) is 0 Å². The molecule has 3 amide bonds. The maximum absolute atomic E-state index is 11.2. The van der Waals surface area contributed by atoms with Crippen molar-refractivity contribution in [1.82, 2.24) is 10.2 Å². The minimum absolute atomic E-state index is 0.0387. The maximum Gasteiger partial charge on any atom is 0.272 e. The summed E-state index contributed by atoms with van der Waals surface area (Å²) in [6.07, 6.45) is 1.33. The van der Waals surface area contributed by atoms with Crippen LogP contribution in [0.2, 0.25) is 0 Å². The first-order valence-electron chi connectivity index (χ1n) is 4.26. The lowest BCUT2D eigenvalue weighted by Crippen LogP contribution is -2.40. The molecule has 2 fully saturated rings. The fourth-order valence-corrected chi connectivity index (χ4v) is 1.74. The number of carbonyl (C=O) groups is 3. The van der Waals surface area contributed by atoms with Crippen molar-refractivity contribution in [2.45, 2.75) is 25.3 Å². The third kappa shape index (κ3) is 1.30. The fourth-order valence-electron chi connectivity index (χ4n) is 1.74. The number of hydrogen-bond acceptors (Lipinski definition) is 3. The molecular weight excluding hydrogens is 172 g/mol. The van der Waals surface area contributed by atoms with Crippen LogP contribution in [0.1, 0.15) is 19.3 Å². The molecule has 0 saturated carbocycles. The maximum atomic E-state index is 11.2. The van der Waals surface area contributed by atoms with Crippen molar-refractivity contribution in [1.29, 1.82) is 0 Å². The van der Waals surface area contributed by atoms with Crippen LogP contribution in [0.3, 0.4) is 0 Å². The van der Waals surface area contributed by atoms with E-state index in [0.717, 1.165) is 6.42 Å². The Morgan fingerprint density at radius 1 is 1.31 bits per heavy atom. The summed E-state index contributed by atoms with van der Waals surface area (Å²) in [6, 6.07) is -0.595. The highest BCUT2D eigenvalue weighted by molar-refractivity contribution is 6.06. The molecule has 2 rings (SSSR count). The first-order valence-corrected chi connectivity index (χ1v) is 4.26. The van der Waals surface area contributed by atoms with E-state index in [4.69, 9.17) is 0 Å². The second kappa shape index (κ2) is 2.83. The quantitative estimate of drug-likeness (QED) is 0.489. The molecule has 2 saturated heterocycles. The molecule has 0 aromatic rings. The molecule has 0 aliphatic carbocycles. The zero-order valence-corrected chi connectivity index (χ0v) is 7.02. The van der Waals surface area contributed by atoms with E-state index in [-0.39, 0.29) is 12.3 Å². The Bertz CT molecular complexity index is 287. The molecule has 2 heterocycles. The number of imide groups is 1. The molecule has 2 aliphatic rings. The van der Waals surface area contributed by atoms with E-state index in [1.165, 1.54) is 4.90 Å². The second-order valence-corrected chi connectivity index (χ2v) is 3.25. The topological polar surface area (TPSA) is 68.6 Å². The lowest BCUT2D eigenvalue weighted by molar-refractivity contribution is -0.135. The van der Waals surface area contributed by atoms with Crippen LogP contribution in [-0.2, 0) is 14.4 Å². The van der Waals surface area contributed by atoms with E-state index in [9.17, 15) is 14.4 Å². The van der Waals surface area contributed by atoms with E-state index < -0.39 is 17.9 Å². The van der Waals surface area contributed by atoms with Gasteiger partial charge in [-0.2, -0.15) is 5.32 Å². The van der Waals surface area contributed by atoms with Gasteiger partial charge in [-0.15, -0.1) is 0 Å².